The topological polar surface area (TPSA) is 50.7 Å². The number of hydrogen-bond acceptors (Lipinski definition) is 4. The van der Waals surface area contributed by atoms with Gasteiger partial charge in [-0.15, -0.1) is 0 Å². The highest BCUT2D eigenvalue weighted by Crippen LogP contribution is 2.29. The van der Waals surface area contributed by atoms with Crippen LogP contribution in [0.2, 0.25) is 0 Å². The third-order valence-corrected chi connectivity index (χ3v) is 4.00. The van der Waals surface area contributed by atoms with Crippen LogP contribution in [-0.2, 0) is 0 Å². The van der Waals surface area contributed by atoms with Gasteiger partial charge in [0.2, 0.25) is 0 Å². The van der Waals surface area contributed by atoms with Gasteiger partial charge in [-0.3, -0.25) is 0 Å². The van der Waals surface area contributed by atoms with Crippen LogP contribution in [0.3, 0.4) is 0 Å². The van der Waals surface area contributed by atoms with Gasteiger partial charge in [-0.1, -0.05) is 30.3 Å². The normalized spacial score (nSPS) is 14.5. The molecular formula is C19H25NO3. The molecule has 0 unspecified atom stereocenters. The fourth-order valence-corrected chi connectivity index (χ4v) is 2.67. The number of nitrogens with one attached hydrogen (secondary N) is 1. The summed E-state index contributed by atoms with van der Waals surface area (Å²) < 4.78 is 9.78. The maximum atomic E-state index is 9.15. The van der Waals surface area contributed by atoms with Crippen LogP contribution in [-0.4, -0.2) is 32.4 Å². The Kier molecular flexibility index (Phi) is 6.76. The van der Waals surface area contributed by atoms with Crippen LogP contribution < -0.4 is 14.8 Å². The maximum absolute atomic E-state index is 9.15. The third-order valence-electron chi connectivity index (χ3n) is 4.00. The van der Waals surface area contributed by atoms with Crippen molar-refractivity contribution in [3.8, 4) is 17.2 Å². The second-order valence-electron chi connectivity index (χ2n) is 5.47. The van der Waals surface area contributed by atoms with Crippen molar-refractivity contribution in [2.75, 3.05) is 27.3 Å². The van der Waals surface area contributed by atoms with Crippen molar-refractivity contribution in [1.29, 1.82) is 0 Å². The van der Waals surface area contributed by atoms with Gasteiger partial charge in [0.25, 0.3) is 0 Å². The second kappa shape index (κ2) is 9.06. The highest BCUT2D eigenvalue weighted by molar-refractivity contribution is 5.44. The summed E-state index contributed by atoms with van der Waals surface area (Å²) in [7, 11) is 3.06. The van der Waals surface area contributed by atoms with Gasteiger partial charge in [-0.2, -0.15) is 0 Å². The summed E-state index contributed by atoms with van der Waals surface area (Å²) in [5, 5.41) is 12.5. The molecule has 0 saturated carbocycles. The number of phenols is 1. The molecule has 1 aliphatic heterocycles. The predicted octanol–water partition coefficient (Wildman–Crippen LogP) is 3.56. The van der Waals surface area contributed by atoms with Gasteiger partial charge in [0, 0.05) is 6.07 Å². The van der Waals surface area contributed by atoms with E-state index < -0.39 is 0 Å². The highest BCUT2D eigenvalue weighted by atomic mass is 16.5. The molecule has 124 valence electrons. The molecular weight excluding hydrogens is 290 g/mol. The fraction of sp³-hybridized carbons (Fsp3) is 0.368. The lowest BCUT2D eigenvalue weighted by atomic mass is 9.90. The molecule has 2 N–H and O–H groups in total. The molecule has 1 aliphatic rings. The summed E-state index contributed by atoms with van der Waals surface area (Å²) in [6.45, 7) is 2.36. The quantitative estimate of drug-likeness (QED) is 0.909. The van der Waals surface area contributed by atoms with E-state index in [9.17, 15) is 0 Å². The molecule has 1 heterocycles. The Bertz CT molecular complexity index is 580. The largest absolute Gasteiger partial charge is 0.504 e. The molecule has 1 saturated heterocycles. The van der Waals surface area contributed by atoms with Crippen LogP contribution in [0.1, 0.15) is 24.3 Å². The summed E-state index contributed by atoms with van der Waals surface area (Å²) in [6, 6.07) is 15.7. The predicted molar refractivity (Wildman–Crippen MR) is 92.5 cm³/mol. The molecule has 0 aliphatic carbocycles. The molecule has 23 heavy (non-hydrogen) atoms. The van der Waals surface area contributed by atoms with Crippen LogP contribution in [0.25, 0.3) is 0 Å². The second-order valence-corrected chi connectivity index (χ2v) is 5.47. The standard InChI is InChI=1S/C11H15N.C8H10O3/c1-2-4-10(5-3-1)11-6-8-12-9-7-11;1-10-6-3-4-7(9)8(5-6)11-2/h1-5,11-12H,6-9H2;3-5,9H,1-2H3. The van der Waals surface area contributed by atoms with Crippen molar-refractivity contribution in [1.82, 2.24) is 5.32 Å². The molecule has 0 bridgehead atoms. The average molecular weight is 315 g/mol. The van der Waals surface area contributed by atoms with Crippen LogP contribution >= 0.6 is 0 Å². The van der Waals surface area contributed by atoms with Crippen LogP contribution in [0.15, 0.2) is 48.5 Å². The number of methoxy groups -OCH3 is 2. The molecule has 0 amide bonds. The van der Waals surface area contributed by atoms with Crippen LogP contribution in [0.5, 0.6) is 17.2 Å². The van der Waals surface area contributed by atoms with E-state index in [1.807, 2.05) is 0 Å². The summed E-state index contributed by atoms with van der Waals surface area (Å²) in [4.78, 5) is 0. The molecule has 0 aromatic heterocycles. The van der Waals surface area contributed by atoms with E-state index in [1.165, 1.54) is 44.7 Å². The lowest BCUT2D eigenvalue weighted by Crippen LogP contribution is -2.26. The number of rotatable bonds is 3. The van der Waals surface area contributed by atoms with Crippen molar-refractivity contribution in [3.05, 3.63) is 54.1 Å². The first-order valence-electron chi connectivity index (χ1n) is 7.91. The lowest BCUT2D eigenvalue weighted by Gasteiger charge is -2.22. The number of benzene rings is 2. The molecule has 0 atom stereocenters. The van der Waals surface area contributed by atoms with E-state index >= 15 is 0 Å². The Morgan fingerprint density at radius 2 is 1.65 bits per heavy atom. The number of hydrogen-bond donors (Lipinski definition) is 2. The zero-order valence-corrected chi connectivity index (χ0v) is 13.8. The molecule has 1 fully saturated rings. The molecule has 3 rings (SSSR count). The minimum Gasteiger partial charge on any atom is -0.504 e. The van der Waals surface area contributed by atoms with E-state index in [2.05, 4.69) is 35.6 Å². The molecule has 4 nitrogen and oxygen atoms in total. The Balaban J connectivity index is 0.000000168. The number of aromatic hydroxyl groups is 1. The third kappa shape index (κ3) is 5.18. The monoisotopic (exact) mass is 315 g/mol. The first-order chi connectivity index (χ1) is 11.2. The van der Waals surface area contributed by atoms with Gasteiger partial charge in [0.05, 0.1) is 14.2 Å². The van der Waals surface area contributed by atoms with E-state index in [0.717, 1.165) is 5.92 Å². The van der Waals surface area contributed by atoms with Crippen LogP contribution in [0, 0.1) is 0 Å². The highest BCUT2D eigenvalue weighted by Gasteiger charge is 2.13. The zero-order chi connectivity index (χ0) is 16.5. The van der Waals surface area contributed by atoms with Gasteiger partial charge < -0.3 is 19.9 Å². The molecule has 0 spiro atoms. The van der Waals surface area contributed by atoms with Gasteiger partial charge in [0.15, 0.2) is 11.5 Å². The molecule has 0 radical (unpaired) electrons. The lowest BCUT2D eigenvalue weighted by molar-refractivity contribution is 0.364. The Hall–Kier alpha value is -2.20. The van der Waals surface area contributed by atoms with E-state index in [0.29, 0.717) is 11.5 Å². The van der Waals surface area contributed by atoms with Crippen molar-refractivity contribution in [3.63, 3.8) is 0 Å². The van der Waals surface area contributed by atoms with Gasteiger partial charge in [-0.25, -0.2) is 0 Å². The minimum atomic E-state index is 0.119. The zero-order valence-electron chi connectivity index (χ0n) is 13.8. The van der Waals surface area contributed by atoms with E-state index in [-0.39, 0.29) is 5.75 Å². The van der Waals surface area contributed by atoms with Crippen molar-refractivity contribution in [2.45, 2.75) is 18.8 Å². The number of phenolic OH excluding ortho intramolecular Hbond substituents is 1. The molecule has 2 aromatic carbocycles. The summed E-state index contributed by atoms with van der Waals surface area (Å²) in [6.07, 6.45) is 2.59. The van der Waals surface area contributed by atoms with Gasteiger partial charge in [-0.05, 0) is 49.5 Å². The summed E-state index contributed by atoms with van der Waals surface area (Å²) in [5.41, 5.74) is 1.51. The van der Waals surface area contributed by atoms with Gasteiger partial charge >= 0.3 is 0 Å². The Morgan fingerprint density at radius 1 is 0.957 bits per heavy atom. The minimum absolute atomic E-state index is 0.119. The Labute approximate surface area is 138 Å². The summed E-state index contributed by atoms with van der Waals surface area (Å²) in [5.74, 6) is 2.00. The maximum Gasteiger partial charge on any atom is 0.164 e. The smallest absolute Gasteiger partial charge is 0.164 e. The van der Waals surface area contributed by atoms with E-state index in [4.69, 9.17) is 14.6 Å². The number of piperidine rings is 1. The van der Waals surface area contributed by atoms with Crippen molar-refractivity contribution < 1.29 is 14.6 Å². The molecule has 4 heteroatoms. The van der Waals surface area contributed by atoms with Crippen LogP contribution in [0.4, 0.5) is 0 Å². The van der Waals surface area contributed by atoms with Crippen molar-refractivity contribution in [2.24, 2.45) is 0 Å². The average Bonchev–Trinajstić information content (AvgIpc) is 2.64. The summed E-state index contributed by atoms with van der Waals surface area (Å²) >= 11 is 0. The Morgan fingerprint density at radius 3 is 2.26 bits per heavy atom. The first kappa shape index (κ1) is 17.2. The van der Waals surface area contributed by atoms with E-state index in [1.54, 1.807) is 19.2 Å². The molecule has 2 aromatic rings. The first-order valence-corrected chi connectivity index (χ1v) is 7.91. The number of ether oxygens (including phenoxy) is 2. The fourth-order valence-electron chi connectivity index (χ4n) is 2.67. The SMILES string of the molecule is COc1ccc(O)c(OC)c1.c1ccc(C2CCNCC2)cc1. The van der Waals surface area contributed by atoms with Gasteiger partial charge in [0.1, 0.15) is 5.75 Å². The van der Waals surface area contributed by atoms with Crippen molar-refractivity contribution >= 4 is 0 Å².